The fraction of sp³-hybridized carbons (Fsp3) is 0.227. The lowest BCUT2D eigenvalue weighted by atomic mass is 10.00. The zero-order valence-electron chi connectivity index (χ0n) is 17.2. The third kappa shape index (κ3) is 3.52. The number of rotatable bonds is 5. The number of hydrogen-bond acceptors (Lipinski definition) is 5. The average Bonchev–Trinajstić information content (AvgIpc) is 3.30. The smallest absolute Gasteiger partial charge is 0.339 e. The zero-order valence-corrected chi connectivity index (χ0v) is 17.9. The number of aryl methyl sites for hydroxylation is 3. The third-order valence-corrected chi connectivity index (χ3v) is 5.42. The van der Waals surface area contributed by atoms with Crippen molar-refractivity contribution in [1.82, 2.24) is 19.2 Å². The Morgan fingerprint density at radius 2 is 1.90 bits per heavy atom. The molecule has 4 aromatic rings. The molecule has 1 N–H and O–H groups in total. The van der Waals surface area contributed by atoms with Gasteiger partial charge in [-0.05, 0) is 49.2 Å². The van der Waals surface area contributed by atoms with E-state index in [1.165, 1.54) is 7.11 Å². The number of halogens is 1. The molecule has 0 saturated carbocycles. The molecule has 1 unspecified atom stereocenters. The lowest BCUT2D eigenvalue weighted by Crippen LogP contribution is -2.19. The minimum atomic E-state index is -0.382. The Bertz CT molecular complexity index is 1230. The van der Waals surface area contributed by atoms with Crippen molar-refractivity contribution in [2.24, 2.45) is 7.05 Å². The molecule has 0 fully saturated rings. The summed E-state index contributed by atoms with van der Waals surface area (Å²) in [4.78, 5) is 12.4. The summed E-state index contributed by atoms with van der Waals surface area (Å²) in [5, 5.41) is 12.6. The second kappa shape index (κ2) is 7.84. The van der Waals surface area contributed by atoms with Crippen LogP contribution in [0.5, 0.6) is 0 Å². The largest absolute Gasteiger partial charge is 0.465 e. The van der Waals surface area contributed by atoms with Gasteiger partial charge in [-0.1, -0.05) is 23.7 Å². The van der Waals surface area contributed by atoms with Gasteiger partial charge < -0.3 is 14.6 Å². The van der Waals surface area contributed by atoms with Gasteiger partial charge in [0.15, 0.2) is 5.65 Å². The van der Waals surface area contributed by atoms with Crippen LogP contribution in [0.2, 0.25) is 5.02 Å². The standard InChI is InChI=1S/C22H22ClN5O2/c1-13-11-17(12-28-14(2)25-26-21(13)28)24-19(15-5-7-16(23)8-6-15)20-18(22(29)30-4)9-10-27(20)3/h5-12,19,24H,1-4H3. The van der Waals surface area contributed by atoms with Crippen LogP contribution in [0.15, 0.2) is 48.8 Å². The van der Waals surface area contributed by atoms with Crippen LogP contribution >= 0.6 is 11.6 Å². The molecule has 3 heterocycles. The van der Waals surface area contributed by atoms with Crippen molar-refractivity contribution >= 4 is 28.9 Å². The first-order valence-electron chi connectivity index (χ1n) is 9.46. The SMILES string of the molecule is COC(=O)c1ccn(C)c1C(Nc1cc(C)c2nnc(C)n2c1)c1ccc(Cl)cc1. The Morgan fingerprint density at radius 3 is 2.60 bits per heavy atom. The highest BCUT2D eigenvalue weighted by Crippen LogP contribution is 2.31. The van der Waals surface area contributed by atoms with E-state index in [2.05, 4.69) is 15.5 Å². The van der Waals surface area contributed by atoms with E-state index in [1.807, 2.05) is 72.6 Å². The van der Waals surface area contributed by atoms with Gasteiger partial charge in [-0.15, -0.1) is 10.2 Å². The van der Waals surface area contributed by atoms with Gasteiger partial charge in [0.25, 0.3) is 0 Å². The van der Waals surface area contributed by atoms with Crippen LogP contribution in [0, 0.1) is 13.8 Å². The van der Waals surface area contributed by atoms with Crippen molar-refractivity contribution in [1.29, 1.82) is 0 Å². The average molecular weight is 424 g/mol. The van der Waals surface area contributed by atoms with E-state index in [9.17, 15) is 4.79 Å². The summed E-state index contributed by atoms with van der Waals surface area (Å²) < 4.78 is 8.88. The van der Waals surface area contributed by atoms with Gasteiger partial charge in [-0.25, -0.2) is 4.79 Å². The number of esters is 1. The summed E-state index contributed by atoms with van der Waals surface area (Å²) in [6.07, 6.45) is 3.81. The lowest BCUT2D eigenvalue weighted by molar-refractivity contribution is 0.0599. The molecule has 0 radical (unpaired) electrons. The van der Waals surface area contributed by atoms with Crippen LogP contribution < -0.4 is 5.32 Å². The number of benzene rings is 1. The number of nitrogens with one attached hydrogen (secondary N) is 1. The first-order valence-corrected chi connectivity index (χ1v) is 9.84. The summed E-state index contributed by atoms with van der Waals surface area (Å²) in [6.45, 7) is 3.90. The van der Waals surface area contributed by atoms with E-state index in [0.29, 0.717) is 10.6 Å². The number of nitrogens with zero attached hydrogens (tertiary/aromatic N) is 4. The number of fused-ring (bicyclic) bond motifs is 1. The van der Waals surface area contributed by atoms with Crippen LogP contribution in [0.25, 0.3) is 5.65 Å². The minimum absolute atomic E-state index is 0.315. The summed E-state index contributed by atoms with van der Waals surface area (Å²) in [5.74, 6) is 0.418. The monoisotopic (exact) mass is 423 g/mol. The highest BCUT2D eigenvalue weighted by molar-refractivity contribution is 6.30. The predicted octanol–water partition coefficient (Wildman–Crippen LogP) is 4.33. The Labute approximate surface area is 179 Å². The fourth-order valence-corrected chi connectivity index (χ4v) is 3.79. The second-order valence-corrected chi connectivity index (χ2v) is 7.64. The van der Waals surface area contributed by atoms with Gasteiger partial charge in [0.1, 0.15) is 5.82 Å². The second-order valence-electron chi connectivity index (χ2n) is 7.20. The maximum Gasteiger partial charge on any atom is 0.339 e. The van der Waals surface area contributed by atoms with E-state index >= 15 is 0 Å². The molecule has 3 aromatic heterocycles. The normalized spacial score (nSPS) is 12.2. The van der Waals surface area contributed by atoms with E-state index in [0.717, 1.165) is 34.0 Å². The van der Waals surface area contributed by atoms with Gasteiger partial charge in [-0.3, -0.25) is 4.40 Å². The molecule has 4 rings (SSSR count). The molecule has 0 aliphatic carbocycles. The van der Waals surface area contributed by atoms with Crippen molar-refractivity contribution < 1.29 is 9.53 Å². The van der Waals surface area contributed by atoms with Crippen molar-refractivity contribution in [3.05, 3.63) is 82.0 Å². The van der Waals surface area contributed by atoms with E-state index in [4.69, 9.17) is 16.3 Å². The number of aromatic nitrogens is 4. The zero-order chi connectivity index (χ0) is 21.4. The van der Waals surface area contributed by atoms with Crippen LogP contribution in [-0.2, 0) is 11.8 Å². The van der Waals surface area contributed by atoms with Crippen molar-refractivity contribution in [3.8, 4) is 0 Å². The summed E-state index contributed by atoms with van der Waals surface area (Å²) in [6, 6.07) is 11.0. The Balaban J connectivity index is 1.85. The molecular weight excluding hydrogens is 402 g/mol. The van der Waals surface area contributed by atoms with Gasteiger partial charge in [0.2, 0.25) is 0 Å². The summed E-state index contributed by atoms with van der Waals surface area (Å²) in [5.41, 5.74) is 4.95. The number of carbonyl (C=O) groups is 1. The first kappa shape index (κ1) is 20.0. The van der Waals surface area contributed by atoms with Crippen LogP contribution in [0.3, 0.4) is 0 Å². The van der Waals surface area contributed by atoms with Crippen molar-refractivity contribution in [2.45, 2.75) is 19.9 Å². The van der Waals surface area contributed by atoms with Gasteiger partial charge >= 0.3 is 5.97 Å². The fourth-order valence-electron chi connectivity index (χ4n) is 3.66. The number of anilines is 1. The number of ether oxygens (including phenoxy) is 1. The highest BCUT2D eigenvalue weighted by atomic mass is 35.5. The topological polar surface area (TPSA) is 73.4 Å². The summed E-state index contributed by atoms with van der Waals surface area (Å²) >= 11 is 6.11. The Kier molecular flexibility index (Phi) is 5.22. The van der Waals surface area contributed by atoms with Crippen LogP contribution in [0.4, 0.5) is 5.69 Å². The first-order chi connectivity index (χ1) is 14.4. The lowest BCUT2D eigenvalue weighted by Gasteiger charge is -2.23. The predicted molar refractivity (Wildman–Crippen MR) is 116 cm³/mol. The van der Waals surface area contributed by atoms with Crippen molar-refractivity contribution in [2.75, 3.05) is 12.4 Å². The molecule has 0 amide bonds. The molecule has 0 aliphatic heterocycles. The number of methoxy groups -OCH3 is 1. The van der Waals surface area contributed by atoms with Gasteiger partial charge in [-0.2, -0.15) is 0 Å². The molecule has 30 heavy (non-hydrogen) atoms. The number of carbonyl (C=O) groups excluding carboxylic acids is 1. The molecule has 0 bridgehead atoms. The molecule has 0 aliphatic rings. The highest BCUT2D eigenvalue weighted by Gasteiger charge is 2.25. The number of hydrogen-bond donors (Lipinski definition) is 1. The van der Waals surface area contributed by atoms with E-state index in [1.54, 1.807) is 6.07 Å². The molecular formula is C22H22ClN5O2. The summed E-state index contributed by atoms with van der Waals surface area (Å²) in [7, 11) is 3.29. The molecule has 1 atom stereocenters. The molecule has 0 spiro atoms. The molecule has 8 heteroatoms. The quantitative estimate of drug-likeness (QED) is 0.484. The minimum Gasteiger partial charge on any atom is -0.465 e. The number of pyridine rings is 1. The van der Waals surface area contributed by atoms with Gasteiger partial charge in [0.05, 0.1) is 30.1 Å². The molecule has 154 valence electrons. The Morgan fingerprint density at radius 1 is 1.17 bits per heavy atom. The van der Waals surface area contributed by atoms with Gasteiger partial charge in [0, 0.05) is 24.5 Å². The maximum atomic E-state index is 12.4. The molecule has 7 nitrogen and oxygen atoms in total. The third-order valence-electron chi connectivity index (χ3n) is 5.17. The van der Waals surface area contributed by atoms with Crippen molar-refractivity contribution in [3.63, 3.8) is 0 Å². The van der Waals surface area contributed by atoms with E-state index in [-0.39, 0.29) is 12.0 Å². The maximum absolute atomic E-state index is 12.4. The molecule has 0 saturated heterocycles. The molecule has 1 aromatic carbocycles. The van der Waals surface area contributed by atoms with Crippen LogP contribution in [0.1, 0.15) is 39.0 Å². The van der Waals surface area contributed by atoms with Crippen LogP contribution in [-0.4, -0.2) is 32.2 Å². The van der Waals surface area contributed by atoms with E-state index < -0.39 is 0 Å². The Hall–Kier alpha value is -3.32.